The largest absolute Gasteiger partial charge is 0.466 e. The molecule has 2 rings (SSSR count). The molecule has 0 atom stereocenters. The van der Waals surface area contributed by atoms with Crippen LogP contribution in [0.15, 0.2) is 30.0 Å². The van der Waals surface area contributed by atoms with Crippen molar-refractivity contribution >= 4 is 23.3 Å². The molecule has 28 heavy (non-hydrogen) atoms. The molecule has 6 nitrogen and oxygen atoms in total. The van der Waals surface area contributed by atoms with Gasteiger partial charge in [0.05, 0.1) is 37.2 Å². The van der Waals surface area contributed by atoms with Gasteiger partial charge in [-0.05, 0) is 37.0 Å². The van der Waals surface area contributed by atoms with E-state index < -0.39 is 23.7 Å². The van der Waals surface area contributed by atoms with Crippen LogP contribution in [0, 0.1) is 5.92 Å². The highest BCUT2D eigenvalue weighted by Gasteiger charge is 2.32. The Hall–Kier alpha value is -2.71. The highest BCUT2D eigenvalue weighted by Crippen LogP contribution is 2.37. The zero-order valence-corrected chi connectivity index (χ0v) is 15.9. The molecule has 1 N–H and O–H groups in total. The Kier molecular flexibility index (Phi) is 6.93. The Bertz CT molecular complexity index is 754. The number of nitrogens with zero attached hydrogens (tertiary/aromatic N) is 1. The van der Waals surface area contributed by atoms with E-state index in [1.807, 2.05) is 4.90 Å². The molecule has 0 amide bonds. The van der Waals surface area contributed by atoms with Gasteiger partial charge in [0.2, 0.25) is 0 Å². The van der Waals surface area contributed by atoms with Gasteiger partial charge in [-0.15, -0.1) is 0 Å². The number of esters is 2. The topological polar surface area (TPSA) is 67.9 Å². The number of carbonyl (C=O) groups excluding carboxylic acids is 2. The summed E-state index contributed by atoms with van der Waals surface area (Å²) in [5.74, 6) is -1.21. The zero-order chi connectivity index (χ0) is 20.9. The second-order valence-electron chi connectivity index (χ2n) is 6.60. The maximum atomic E-state index is 13.2. The number of ether oxygens (including phenoxy) is 2. The highest BCUT2D eigenvalue weighted by molar-refractivity contribution is 5.99. The molecule has 0 spiro atoms. The van der Waals surface area contributed by atoms with Gasteiger partial charge >= 0.3 is 18.1 Å². The summed E-state index contributed by atoms with van der Waals surface area (Å²) in [6.45, 7) is 3.47. The monoisotopic (exact) mass is 400 g/mol. The lowest BCUT2D eigenvalue weighted by Crippen LogP contribution is -2.33. The number of carbonyl (C=O) groups is 2. The number of nitrogens with one attached hydrogen (secondary N) is 1. The maximum Gasteiger partial charge on any atom is 0.416 e. The van der Waals surface area contributed by atoms with Gasteiger partial charge in [-0.1, -0.05) is 6.92 Å². The predicted octanol–water partition coefficient (Wildman–Crippen LogP) is 3.58. The third-order valence-corrected chi connectivity index (χ3v) is 4.59. The number of rotatable bonds is 5. The van der Waals surface area contributed by atoms with E-state index in [-0.39, 0.29) is 11.4 Å². The van der Waals surface area contributed by atoms with Gasteiger partial charge in [0.1, 0.15) is 5.70 Å². The molecule has 0 bridgehead atoms. The first-order chi connectivity index (χ1) is 13.2. The molecule has 1 fully saturated rings. The van der Waals surface area contributed by atoms with Crippen molar-refractivity contribution in [2.75, 3.05) is 37.5 Å². The van der Waals surface area contributed by atoms with Crippen LogP contribution in [0.2, 0.25) is 0 Å². The molecule has 0 aliphatic carbocycles. The van der Waals surface area contributed by atoms with Crippen molar-refractivity contribution in [1.82, 2.24) is 0 Å². The van der Waals surface area contributed by atoms with E-state index in [9.17, 15) is 22.8 Å². The van der Waals surface area contributed by atoms with E-state index in [1.165, 1.54) is 6.07 Å². The van der Waals surface area contributed by atoms with E-state index in [2.05, 4.69) is 21.7 Å². The number of halogens is 3. The standard InChI is InChI=1S/C19H23F3N2O4/c1-12-6-8-24(9-7-12)16-5-4-13(19(20,21)22)10-14(16)23-15(18(26)28-3)11-17(25)27-2/h4-5,10-12,23H,6-9H2,1-3H3/b15-11+. The minimum atomic E-state index is -4.55. The molecule has 1 heterocycles. The van der Waals surface area contributed by atoms with E-state index in [0.29, 0.717) is 24.7 Å². The van der Waals surface area contributed by atoms with Crippen LogP contribution in [0.25, 0.3) is 0 Å². The Morgan fingerprint density at radius 3 is 2.36 bits per heavy atom. The van der Waals surface area contributed by atoms with E-state index >= 15 is 0 Å². The summed E-state index contributed by atoms with van der Waals surface area (Å²) in [5, 5.41) is 2.63. The van der Waals surface area contributed by atoms with Crippen molar-refractivity contribution in [3.63, 3.8) is 0 Å². The fraction of sp³-hybridized carbons (Fsp3) is 0.474. The third kappa shape index (κ3) is 5.40. The van der Waals surface area contributed by atoms with Crippen LogP contribution in [-0.2, 0) is 25.2 Å². The SMILES string of the molecule is COC(=O)/C=C(/Nc1cc(C(F)(F)F)ccc1N1CCC(C)CC1)C(=O)OC. The lowest BCUT2D eigenvalue weighted by molar-refractivity contribution is -0.138. The van der Waals surface area contributed by atoms with Crippen LogP contribution in [0.3, 0.4) is 0 Å². The number of alkyl halides is 3. The van der Waals surface area contributed by atoms with Crippen molar-refractivity contribution in [3.8, 4) is 0 Å². The fourth-order valence-electron chi connectivity index (χ4n) is 2.92. The minimum Gasteiger partial charge on any atom is -0.466 e. The highest BCUT2D eigenvalue weighted by atomic mass is 19.4. The first-order valence-corrected chi connectivity index (χ1v) is 8.77. The normalized spacial score (nSPS) is 15.9. The van der Waals surface area contributed by atoms with Crippen LogP contribution in [0.5, 0.6) is 0 Å². The van der Waals surface area contributed by atoms with Crippen LogP contribution >= 0.6 is 0 Å². The van der Waals surface area contributed by atoms with Crippen molar-refractivity contribution in [3.05, 3.63) is 35.5 Å². The molecule has 0 aromatic heterocycles. The third-order valence-electron chi connectivity index (χ3n) is 4.59. The number of piperidine rings is 1. The molecular weight excluding hydrogens is 377 g/mol. The van der Waals surface area contributed by atoms with Crippen molar-refractivity contribution in [1.29, 1.82) is 0 Å². The maximum absolute atomic E-state index is 13.2. The molecule has 0 saturated carbocycles. The summed E-state index contributed by atoms with van der Waals surface area (Å²) < 4.78 is 48.7. The van der Waals surface area contributed by atoms with Crippen molar-refractivity contribution < 1.29 is 32.2 Å². The summed E-state index contributed by atoms with van der Waals surface area (Å²) in [7, 11) is 2.23. The minimum absolute atomic E-state index is 0.0601. The Labute approximate surface area is 161 Å². The average molecular weight is 400 g/mol. The molecule has 154 valence electrons. The zero-order valence-electron chi connectivity index (χ0n) is 15.9. The summed E-state index contributed by atoms with van der Waals surface area (Å²) in [5.41, 5.74) is -0.615. The van der Waals surface area contributed by atoms with Gasteiger partial charge in [-0.2, -0.15) is 13.2 Å². The molecule has 1 aromatic carbocycles. The van der Waals surface area contributed by atoms with Gasteiger partial charge in [0.15, 0.2) is 0 Å². The number of benzene rings is 1. The summed E-state index contributed by atoms with van der Waals surface area (Å²) in [6, 6.07) is 3.29. The molecule has 1 aromatic rings. The average Bonchev–Trinajstić information content (AvgIpc) is 2.66. The lowest BCUT2D eigenvalue weighted by atomic mass is 9.98. The van der Waals surface area contributed by atoms with Gasteiger partial charge in [-0.3, -0.25) is 0 Å². The van der Waals surface area contributed by atoms with Crippen molar-refractivity contribution in [2.24, 2.45) is 5.92 Å². The molecule has 0 unspecified atom stereocenters. The Balaban J connectivity index is 2.46. The van der Waals surface area contributed by atoms with E-state index in [1.54, 1.807) is 0 Å². The molecule has 1 saturated heterocycles. The smallest absolute Gasteiger partial charge is 0.416 e. The van der Waals surface area contributed by atoms with Crippen LogP contribution < -0.4 is 10.2 Å². The van der Waals surface area contributed by atoms with Gasteiger partial charge < -0.3 is 19.7 Å². The fourth-order valence-corrected chi connectivity index (χ4v) is 2.92. The second-order valence-corrected chi connectivity index (χ2v) is 6.60. The summed E-state index contributed by atoms with van der Waals surface area (Å²) >= 11 is 0. The van der Waals surface area contributed by atoms with Gasteiger partial charge in [-0.25, -0.2) is 9.59 Å². The summed E-state index contributed by atoms with van der Waals surface area (Å²) in [4.78, 5) is 25.5. The molecule has 1 aliphatic heterocycles. The first-order valence-electron chi connectivity index (χ1n) is 8.77. The predicted molar refractivity (Wildman–Crippen MR) is 97.8 cm³/mol. The molecule has 1 aliphatic rings. The number of methoxy groups -OCH3 is 2. The van der Waals surface area contributed by atoms with E-state index in [4.69, 9.17) is 0 Å². The van der Waals surface area contributed by atoms with Crippen LogP contribution in [0.4, 0.5) is 24.5 Å². The summed E-state index contributed by atoms with van der Waals surface area (Å²) in [6.07, 6.45) is -1.90. The molecular formula is C19H23F3N2O4. The van der Waals surface area contributed by atoms with Crippen LogP contribution in [-0.4, -0.2) is 39.2 Å². The quantitative estimate of drug-likeness (QED) is 0.602. The number of hydrogen-bond donors (Lipinski definition) is 1. The van der Waals surface area contributed by atoms with Crippen LogP contribution in [0.1, 0.15) is 25.3 Å². The first kappa shape index (κ1) is 21.6. The Morgan fingerprint density at radius 1 is 1.18 bits per heavy atom. The van der Waals surface area contributed by atoms with Gasteiger partial charge in [0, 0.05) is 13.1 Å². The molecule has 9 heteroatoms. The number of anilines is 2. The number of hydrogen-bond acceptors (Lipinski definition) is 6. The van der Waals surface area contributed by atoms with Gasteiger partial charge in [0.25, 0.3) is 0 Å². The molecule has 0 radical (unpaired) electrons. The van der Waals surface area contributed by atoms with Crippen molar-refractivity contribution in [2.45, 2.75) is 25.9 Å². The lowest BCUT2D eigenvalue weighted by Gasteiger charge is -2.34. The Morgan fingerprint density at radius 2 is 1.82 bits per heavy atom. The second kappa shape index (κ2) is 8.99. The van der Waals surface area contributed by atoms with E-state index in [0.717, 1.165) is 45.3 Å².